The average Bonchev–Trinajstić information content (AvgIpc) is 2.39. The summed E-state index contributed by atoms with van der Waals surface area (Å²) >= 11 is 5.92. The number of hydrogen-bond donors (Lipinski definition) is 2. The Morgan fingerprint density at radius 3 is 2.52 bits per heavy atom. The zero-order valence-corrected chi connectivity index (χ0v) is 12.9. The van der Waals surface area contributed by atoms with E-state index in [9.17, 15) is 18.0 Å². The van der Waals surface area contributed by atoms with E-state index in [-0.39, 0.29) is 34.0 Å². The van der Waals surface area contributed by atoms with Crippen molar-refractivity contribution >= 4 is 33.6 Å². The molecule has 0 unspecified atom stereocenters. The number of aliphatic carboxylic acids is 1. The van der Waals surface area contributed by atoms with Gasteiger partial charge in [0.1, 0.15) is 0 Å². The van der Waals surface area contributed by atoms with Crippen LogP contribution in [0.5, 0.6) is 0 Å². The summed E-state index contributed by atoms with van der Waals surface area (Å²) < 4.78 is 30.9. The summed E-state index contributed by atoms with van der Waals surface area (Å²) in [5.74, 6) is -1.85. The van der Waals surface area contributed by atoms with E-state index in [0.717, 1.165) is 13.2 Å². The van der Waals surface area contributed by atoms with Crippen LogP contribution < -0.4 is 4.72 Å². The molecule has 0 radical (unpaired) electrons. The maximum atomic E-state index is 12.1. The lowest BCUT2D eigenvalue weighted by molar-refractivity contribution is -0.136. The van der Waals surface area contributed by atoms with Crippen molar-refractivity contribution in [3.63, 3.8) is 0 Å². The van der Waals surface area contributed by atoms with E-state index in [1.54, 1.807) is 0 Å². The van der Waals surface area contributed by atoms with Crippen LogP contribution in [0.15, 0.2) is 17.0 Å². The highest BCUT2D eigenvalue weighted by Gasteiger charge is 2.21. The molecule has 0 saturated carbocycles. The van der Waals surface area contributed by atoms with Crippen molar-refractivity contribution in [3.8, 4) is 0 Å². The molecule has 0 heterocycles. The van der Waals surface area contributed by atoms with Gasteiger partial charge in [-0.25, -0.2) is 17.9 Å². The van der Waals surface area contributed by atoms with Crippen molar-refractivity contribution in [1.82, 2.24) is 4.72 Å². The van der Waals surface area contributed by atoms with Crippen LogP contribution in [0.25, 0.3) is 0 Å². The molecule has 0 aliphatic carbocycles. The third-order valence-electron chi connectivity index (χ3n) is 2.64. The molecule has 0 aromatic heterocycles. The maximum absolute atomic E-state index is 12.1. The lowest BCUT2D eigenvalue weighted by Crippen LogP contribution is -2.27. The molecule has 0 saturated heterocycles. The fourth-order valence-electron chi connectivity index (χ4n) is 1.54. The number of hydrogen-bond acceptors (Lipinski definition) is 5. The SMILES string of the molecule is COC(=O)c1cc(Cl)c(C)c(S(=O)(=O)NCCC(=O)O)c1. The molecule has 2 N–H and O–H groups in total. The van der Waals surface area contributed by atoms with Gasteiger partial charge >= 0.3 is 11.9 Å². The predicted molar refractivity (Wildman–Crippen MR) is 75.0 cm³/mol. The summed E-state index contributed by atoms with van der Waals surface area (Å²) in [6.07, 6.45) is -0.358. The Labute approximate surface area is 126 Å². The monoisotopic (exact) mass is 335 g/mol. The quantitative estimate of drug-likeness (QED) is 0.756. The van der Waals surface area contributed by atoms with Gasteiger partial charge in [-0.1, -0.05) is 11.6 Å². The molecule has 0 aliphatic heterocycles. The minimum atomic E-state index is -3.98. The highest BCUT2D eigenvalue weighted by atomic mass is 35.5. The first kappa shape index (κ1) is 17.4. The number of carbonyl (C=O) groups is 2. The lowest BCUT2D eigenvalue weighted by atomic mass is 10.1. The van der Waals surface area contributed by atoms with Crippen molar-refractivity contribution in [1.29, 1.82) is 0 Å². The highest BCUT2D eigenvalue weighted by Crippen LogP contribution is 2.25. The van der Waals surface area contributed by atoms with Crippen molar-refractivity contribution < 1.29 is 27.9 Å². The van der Waals surface area contributed by atoms with Crippen LogP contribution in [0.1, 0.15) is 22.3 Å². The molecule has 1 aromatic rings. The summed E-state index contributed by atoms with van der Waals surface area (Å²) in [5, 5.41) is 8.61. The minimum Gasteiger partial charge on any atom is -0.481 e. The van der Waals surface area contributed by atoms with Crippen LogP contribution >= 0.6 is 11.6 Å². The zero-order chi connectivity index (χ0) is 16.2. The standard InChI is InChI=1S/C12H14ClNO6S/c1-7-9(13)5-8(12(17)20-2)6-10(7)21(18,19)14-4-3-11(15)16/h5-6,14H,3-4H2,1-2H3,(H,15,16). The molecule has 21 heavy (non-hydrogen) atoms. The van der Waals surface area contributed by atoms with E-state index < -0.39 is 22.0 Å². The van der Waals surface area contributed by atoms with Gasteiger partial charge in [0.15, 0.2) is 0 Å². The van der Waals surface area contributed by atoms with Crippen LogP contribution in [-0.4, -0.2) is 39.1 Å². The second-order valence-corrected chi connectivity index (χ2v) is 6.26. The smallest absolute Gasteiger partial charge is 0.337 e. The summed E-state index contributed by atoms with van der Waals surface area (Å²) in [6.45, 7) is 1.21. The molecule has 1 rings (SSSR count). The summed E-state index contributed by atoms with van der Waals surface area (Å²) in [5.41, 5.74) is 0.249. The van der Waals surface area contributed by atoms with Crippen molar-refractivity contribution in [2.24, 2.45) is 0 Å². The number of nitrogens with one attached hydrogen (secondary N) is 1. The zero-order valence-electron chi connectivity index (χ0n) is 11.3. The Hall–Kier alpha value is -1.64. The van der Waals surface area contributed by atoms with E-state index in [2.05, 4.69) is 9.46 Å². The van der Waals surface area contributed by atoms with Crippen LogP contribution in [-0.2, 0) is 19.6 Å². The van der Waals surface area contributed by atoms with E-state index in [4.69, 9.17) is 16.7 Å². The molecule has 0 fully saturated rings. The Kier molecular flexibility index (Phi) is 5.70. The van der Waals surface area contributed by atoms with E-state index in [1.165, 1.54) is 13.0 Å². The Bertz CT molecular complexity index is 671. The van der Waals surface area contributed by atoms with Crippen molar-refractivity contribution in [3.05, 3.63) is 28.3 Å². The third kappa shape index (κ3) is 4.42. The fourth-order valence-corrected chi connectivity index (χ4v) is 3.14. The number of carboxylic acid groups (broad SMARTS) is 1. The first-order chi connectivity index (χ1) is 9.69. The maximum Gasteiger partial charge on any atom is 0.337 e. The topological polar surface area (TPSA) is 110 Å². The van der Waals surface area contributed by atoms with Gasteiger partial charge < -0.3 is 9.84 Å². The number of carbonyl (C=O) groups excluding carboxylic acids is 1. The fraction of sp³-hybridized carbons (Fsp3) is 0.333. The second-order valence-electron chi connectivity index (χ2n) is 4.11. The highest BCUT2D eigenvalue weighted by molar-refractivity contribution is 7.89. The van der Waals surface area contributed by atoms with Gasteiger partial charge in [0.25, 0.3) is 0 Å². The van der Waals surface area contributed by atoms with Crippen LogP contribution in [0.2, 0.25) is 5.02 Å². The van der Waals surface area contributed by atoms with Crippen molar-refractivity contribution in [2.75, 3.05) is 13.7 Å². The second kappa shape index (κ2) is 6.88. The van der Waals surface area contributed by atoms with Gasteiger partial charge in [0, 0.05) is 11.6 Å². The number of rotatable bonds is 6. The lowest BCUT2D eigenvalue weighted by Gasteiger charge is -2.11. The first-order valence-corrected chi connectivity index (χ1v) is 7.65. The number of ether oxygens (including phenoxy) is 1. The van der Waals surface area contributed by atoms with E-state index in [1.807, 2.05) is 0 Å². The molecule has 0 amide bonds. The minimum absolute atomic E-state index is 0.00768. The average molecular weight is 336 g/mol. The molecule has 0 bridgehead atoms. The number of sulfonamides is 1. The number of methoxy groups -OCH3 is 1. The molecule has 0 atom stereocenters. The van der Waals surface area contributed by atoms with Gasteiger partial charge in [-0.15, -0.1) is 0 Å². The van der Waals surface area contributed by atoms with Gasteiger partial charge in [0.05, 0.1) is 24.0 Å². The summed E-state index contributed by atoms with van der Waals surface area (Å²) in [6, 6.07) is 2.44. The summed E-state index contributed by atoms with van der Waals surface area (Å²) in [7, 11) is -2.82. The number of esters is 1. The van der Waals surface area contributed by atoms with Crippen LogP contribution in [0.3, 0.4) is 0 Å². The third-order valence-corrected chi connectivity index (χ3v) is 4.62. The Morgan fingerprint density at radius 1 is 1.38 bits per heavy atom. The number of halogens is 1. The Morgan fingerprint density at radius 2 is 2.00 bits per heavy atom. The largest absolute Gasteiger partial charge is 0.481 e. The van der Waals surface area contributed by atoms with Gasteiger partial charge in [-0.05, 0) is 24.6 Å². The number of carboxylic acids is 1. The molecular formula is C12H14ClNO6S. The number of benzene rings is 1. The molecule has 7 nitrogen and oxygen atoms in total. The van der Waals surface area contributed by atoms with Gasteiger partial charge in [-0.2, -0.15) is 0 Å². The van der Waals surface area contributed by atoms with Crippen molar-refractivity contribution in [2.45, 2.75) is 18.2 Å². The molecule has 0 spiro atoms. The summed E-state index contributed by atoms with van der Waals surface area (Å²) in [4.78, 5) is 21.7. The van der Waals surface area contributed by atoms with Gasteiger partial charge in [0.2, 0.25) is 10.0 Å². The normalized spacial score (nSPS) is 11.2. The molecular weight excluding hydrogens is 322 g/mol. The Balaban J connectivity index is 3.18. The van der Waals surface area contributed by atoms with Crippen LogP contribution in [0, 0.1) is 6.92 Å². The first-order valence-electron chi connectivity index (χ1n) is 5.79. The van der Waals surface area contributed by atoms with Gasteiger partial charge in [-0.3, -0.25) is 4.79 Å². The molecule has 1 aromatic carbocycles. The van der Waals surface area contributed by atoms with E-state index in [0.29, 0.717) is 0 Å². The predicted octanol–water partition coefficient (Wildman–Crippen LogP) is 1.19. The molecule has 9 heteroatoms. The van der Waals surface area contributed by atoms with Crippen LogP contribution in [0.4, 0.5) is 0 Å². The molecule has 116 valence electrons. The molecule has 0 aliphatic rings. The van der Waals surface area contributed by atoms with E-state index >= 15 is 0 Å².